The molecule has 0 aliphatic carbocycles. The van der Waals surface area contributed by atoms with Crippen LogP contribution >= 0.6 is 0 Å². The number of rotatable bonds is 4. The molecule has 3 rings (SSSR count). The van der Waals surface area contributed by atoms with Crippen molar-refractivity contribution in [3.63, 3.8) is 0 Å². The van der Waals surface area contributed by atoms with E-state index in [0.717, 1.165) is 11.1 Å². The molecule has 120 valence electrons. The first-order valence-electron chi connectivity index (χ1n) is 7.34. The van der Waals surface area contributed by atoms with Gasteiger partial charge in [-0.3, -0.25) is 0 Å². The third kappa shape index (κ3) is 3.00. The molecular formula is C17H16NO4S-. The number of fused-ring (bicyclic) bond motifs is 1. The van der Waals surface area contributed by atoms with E-state index in [4.69, 9.17) is 0 Å². The Morgan fingerprint density at radius 1 is 1.09 bits per heavy atom. The summed E-state index contributed by atoms with van der Waals surface area (Å²) in [4.78, 5) is 11.3. The Balaban J connectivity index is 2.06. The predicted octanol–water partition coefficient (Wildman–Crippen LogP) is 1.11. The third-order valence-corrected chi connectivity index (χ3v) is 6.00. The highest BCUT2D eigenvalue weighted by atomic mass is 32.2. The summed E-state index contributed by atoms with van der Waals surface area (Å²) < 4.78 is 27.1. The standard InChI is InChI=1S/C17H17NO4S/c19-17(20)12-16-15-9-5-4-6-13(15)10-11-18(16)23(21,22)14-7-2-1-3-8-14/h1-9,16H,10-12H2,(H,19,20)/p-1/t16-/m1/s1. The molecule has 0 radical (unpaired) electrons. The molecule has 2 aromatic rings. The average Bonchev–Trinajstić information content (AvgIpc) is 2.55. The van der Waals surface area contributed by atoms with Gasteiger partial charge in [-0.05, 0) is 29.7 Å². The van der Waals surface area contributed by atoms with Gasteiger partial charge in [0.1, 0.15) is 0 Å². The van der Waals surface area contributed by atoms with Crippen LogP contribution in [0.3, 0.4) is 0 Å². The topological polar surface area (TPSA) is 77.5 Å². The van der Waals surface area contributed by atoms with Gasteiger partial charge >= 0.3 is 0 Å². The number of carbonyl (C=O) groups excluding carboxylic acids is 1. The van der Waals surface area contributed by atoms with E-state index < -0.39 is 22.0 Å². The van der Waals surface area contributed by atoms with Gasteiger partial charge in [-0.2, -0.15) is 4.31 Å². The van der Waals surface area contributed by atoms with Gasteiger partial charge in [-0.25, -0.2) is 8.42 Å². The number of hydrogen-bond donors (Lipinski definition) is 0. The summed E-state index contributed by atoms with van der Waals surface area (Å²) >= 11 is 0. The van der Waals surface area contributed by atoms with Crippen molar-refractivity contribution in [2.45, 2.75) is 23.8 Å². The summed E-state index contributed by atoms with van der Waals surface area (Å²) in [5, 5.41) is 11.2. The fraction of sp³-hybridized carbons (Fsp3) is 0.235. The van der Waals surface area contributed by atoms with Gasteiger partial charge in [0, 0.05) is 18.9 Å². The van der Waals surface area contributed by atoms with E-state index in [1.807, 2.05) is 12.1 Å². The van der Waals surface area contributed by atoms with Crippen LogP contribution in [0.1, 0.15) is 23.6 Å². The first kappa shape index (κ1) is 15.7. The lowest BCUT2D eigenvalue weighted by Crippen LogP contribution is -2.42. The normalized spacial score (nSPS) is 18.3. The highest BCUT2D eigenvalue weighted by molar-refractivity contribution is 7.89. The van der Waals surface area contributed by atoms with E-state index in [1.54, 1.807) is 30.3 Å². The molecular weight excluding hydrogens is 314 g/mol. The number of carbonyl (C=O) groups is 1. The fourth-order valence-corrected chi connectivity index (χ4v) is 4.64. The van der Waals surface area contributed by atoms with Crippen LogP contribution in [-0.4, -0.2) is 25.2 Å². The van der Waals surface area contributed by atoms with Crippen LogP contribution in [0.4, 0.5) is 0 Å². The molecule has 0 N–H and O–H groups in total. The Labute approximate surface area is 135 Å². The van der Waals surface area contributed by atoms with Crippen molar-refractivity contribution in [1.82, 2.24) is 4.31 Å². The fourth-order valence-electron chi connectivity index (χ4n) is 3.01. The number of aliphatic carboxylic acids is 1. The van der Waals surface area contributed by atoms with Gasteiger partial charge in [0.15, 0.2) is 0 Å². The molecule has 1 atom stereocenters. The Kier molecular flexibility index (Phi) is 4.19. The van der Waals surface area contributed by atoms with Gasteiger partial charge in [-0.1, -0.05) is 42.5 Å². The zero-order valence-electron chi connectivity index (χ0n) is 12.4. The summed E-state index contributed by atoms with van der Waals surface area (Å²) in [5.74, 6) is -1.26. The molecule has 0 unspecified atom stereocenters. The second-order valence-electron chi connectivity index (χ2n) is 5.47. The molecule has 0 bridgehead atoms. The SMILES string of the molecule is O=C([O-])C[C@@H]1c2ccccc2CCN1S(=O)(=O)c1ccccc1. The number of nitrogens with zero attached hydrogens (tertiary/aromatic N) is 1. The predicted molar refractivity (Wildman–Crippen MR) is 82.8 cm³/mol. The first-order chi connectivity index (χ1) is 11.0. The van der Waals surface area contributed by atoms with E-state index in [0.29, 0.717) is 6.42 Å². The largest absolute Gasteiger partial charge is 0.550 e. The number of carboxylic acids is 1. The molecule has 0 saturated carbocycles. The molecule has 0 fully saturated rings. The van der Waals surface area contributed by atoms with Crippen molar-refractivity contribution in [2.24, 2.45) is 0 Å². The quantitative estimate of drug-likeness (QED) is 0.841. The zero-order chi connectivity index (χ0) is 16.4. The van der Waals surface area contributed by atoms with E-state index >= 15 is 0 Å². The minimum Gasteiger partial charge on any atom is -0.550 e. The van der Waals surface area contributed by atoms with Crippen LogP contribution in [-0.2, 0) is 21.2 Å². The summed E-state index contributed by atoms with van der Waals surface area (Å²) in [7, 11) is -3.76. The Morgan fingerprint density at radius 3 is 2.43 bits per heavy atom. The maximum Gasteiger partial charge on any atom is 0.243 e. The second kappa shape index (κ2) is 6.14. The maximum atomic E-state index is 12.9. The van der Waals surface area contributed by atoms with Crippen molar-refractivity contribution in [2.75, 3.05) is 6.54 Å². The van der Waals surface area contributed by atoms with Crippen molar-refractivity contribution >= 4 is 16.0 Å². The van der Waals surface area contributed by atoms with Crippen LogP contribution in [0, 0.1) is 0 Å². The summed E-state index contributed by atoms with van der Waals surface area (Å²) in [6, 6.07) is 14.7. The van der Waals surface area contributed by atoms with Gasteiger partial charge in [-0.15, -0.1) is 0 Å². The first-order valence-corrected chi connectivity index (χ1v) is 8.78. The Morgan fingerprint density at radius 2 is 1.74 bits per heavy atom. The molecule has 2 aromatic carbocycles. The molecule has 0 amide bonds. The van der Waals surface area contributed by atoms with Crippen LogP contribution < -0.4 is 5.11 Å². The van der Waals surface area contributed by atoms with E-state index in [-0.39, 0.29) is 17.9 Å². The van der Waals surface area contributed by atoms with Gasteiger partial charge < -0.3 is 9.90 Å². The lowest BCUT2D eigenvalue weighted by Gasteiger charge is -2.36. The highest BCUT2D eigenvalue weighted by Gasteiger charge is 2.36. The minimum absolute atomic E-state index is 0.169. The summed E-state index contributed by atoms with van der Waals surface area (Å²) in [6.45, 7) is 0.256. The molecule has 0 aromatic heterocycles. The number of hydrogen-bond acceptors (Lipinski definition) is 4. The van der Waals surface area contributed by atoms with Crippen molar-refractivity contribution < 1.29 is 18.3 Å². The van der Waals surface area contributed by atoms with Gasteiger partial charge in [0.25, 0.3) is 0 Å². The van der Waals surface area contributed by atoms with Crippen LogP contribution in [0.15, 0.2) is 59.5 Å². The average molecular weight is 330 g/mol. The lowest BCUT2D eigenvalue weighted by atomic mass is 9.92. The zero-order valence-corrected chi connectivity index (χ0v) is 13.2. The molecule has 6 heteroatoms. The van der Waals surface area contributed by atoms with Crippen LogP contribution in [0.2, 0.25) is 0 Å². The smallest absolute Gasteiger partial charge is 0.243 e. The van der Waals surface area contributed by atoms with E-state index in [9.17, 15) is 18.3 Å². The molecule has 5 nitrogen and oxygen atoms in total. The van der Waals surface area contributed by atoms with Crippen LogP contribution in [0.5, 0.6) is 0 Å². The minimum atomic E-state index is -3.76. The Hall–Kier alpha value is -2.18. The number of benzene rings is 2. The van der Waals surface area contributed by atoms with Crippen molar-refractivity contribution in [1.29, 1.82) is 0 Å². The molecule has 0 spiro atoms. The van der Waals surface area contributed by atoms with Gasteiger partial charge in [0.05, 0.1) is 10.9 Å². The molecule has 1 aliphatic heterocycles. The van der Waals surface area contributed by atoms with Crippen molar-refractivity contribution in [3.05, 3.63) is 65.7 Å². The maximum absolute atomic E-state index is 12.9. The monoisotopic (exact) mass is 330 g/mol. The second-order valence-corrected chi connectivity index (χ2v) is 7.36. The number of carboxylic acid groups (broad SMARTS) is 1. The summed E-state index contributed by atoms with van der Waals surface area (Å²) in [5.41, 5.74) is 1.72. The van der Waals surface area contributed by atoms with E-state index in [1.165, 1.54) is 16.4 Å². The van der Waals surface area contributed by atoms with Gasteiger partial charge in [0.2, 0.25) is 10.0 Å². The Bertz CT molecular complexity index is 817. The lowest BCUT2D eigenvalue weighted by molar-refractivity contribution is -0.306. The highest BCUT2D eigenvalue weighted by Crippen LogP contribution is 2.35. The molecule has 1 aliphatic rings. The van der Waals surface area contributed by atoms with Crippen LogP contribution in [0.25, 0.3) is 0 Å². The molecule has 1 heterocycles. The van der Waals surface area contributed by atoms with E-state index in [2.05, 4.69) is 0 Å². The molecule has 0 saturated heterocycles. The molecule has 23 heavy (non-hydrogen) atoms. The van der Waals surface area contributed by atoms with Crippen molar-refractivity contribution in [3.8, 4) is 0 Å². The number of sulfonamides is 1. The summed E-state index contributed by atoms with van der Waals surface area (Å²) in [6.07, 6.45) is 0.203. The third-order valence-electron chi connectivity index (χ3n) is 4.07.